The van der Waals surface area contributed by atoms with Crippen LogP contribution in [0.15, 0.2) is 72.8 Å². The zero-order valence-electron chi connectivity index (χ0n) is 12.7. The Labute approximate surface area is 137 Å². The Balaban J connectivity index is 0.000000332. The summed E-state index contributed by atoms with van der Waals surface area (Å²) in [6, 6.07) is 26.4. The first-order chi connectivity index (χ1) is 11.7. The summed E-state index contributed by atoms with van der Waals surface area (Å²) in [6.07, 6.45) is -1.83. The van der Waals surface area contributed by atoms with Crippen LogP contribution in [0.5, 0.6) is 0 Å². The van der Waals surface area contributed by atoms with E-state index in [1.54, 1.807) is 0 Å². The minimum atomic E-state index is -1.83. The topological polar surface area (TPSA) is 57.5 Å². The second kappa shape index (κ2) is 5.39. The van der Waals surface area contributed by atoms with E-state index in [4.69, 9.17) is 15.0 Å². The minimum Gasteiger partial charge on any atom is -0.450 e. The zero-order chi connectivity index (χ0) is 16.7. The van der Waals surface area contributed by atoms with Crippen molar-refractivity contribution in [2.24, 2.45) is 0 Å². The molecule has 0 aromatic heterocycles. The third-order valence-electron chi connectivity index (χ3n) is 4.39. The number of fused-ring (bicyclic) bond motifs is 2. The molecule has 0 amide bonds. The molecule has 2 N–H and O–H groups in total. The lowest BCUT2D eigenvalue weighted by molar-refractivity contribution is 0.137. The smallest absolute Gasteiger partial charge is 0.450 e. The molecule has 0 unspecified atom stereocenters. The number of carbonyl (C=O) groups is 1. The number of benzene rings is 5. The van der Waals surface area contributed by atoms with Crippen LogP contribution >= 0.6 is 0 Å². The van der Waals surface area contributed by atoms with Gasteiger partial charge in [-0.1, -0.05) is 72.8 Å². The van der Waals surface area contributed by atoms with Crippen LogP contribution in [-0.2, 0) is 0 Å². The van der Waals surface area contributed by atoms with Gasteiger partial charge in [0.1, 0.15) is 0 Å². The van der Waals surface area contributed by atoms with Crippen molar-refractivity contribution >= 4 is 49.2 Å². The van der Waals surface area contributed by atoms with Crippen LogP contribution in [0.1, 0.15) is 0 Å². The average molecular weight is 314 g/mol. The third kappa shape index (κ3) is 2.10. The fourth-order valence-corrected chi connectivity index (χ4v) is 3.58. The lowest BCUT2D eigenvalue weighted by Gasteiger charge is -2.13. The van der Waals surface area contributed by atoms with E-state index in [-0.39, 0.29) is 0 Å². The Bertz CT molecular complexity index is 1020. The molecule has 0 saturated heterocycles. The van der Waals surface area contributed by atoms with Gasteiger partial charge in [-0.3, -0.25) is 0 Å². The van der Waals surface area contributed by atoms with Crippen molar-refractivity contribution < 1.29 is 15.0 Å². The number of hydrogen-bond acceptors (Lipinski definition) is 1. The molecule has 0 saturated carbocycles. The average Bonchev–Trinajstić information content (AvgIpc) is 2.59. The fraction of sp³-hybridized carbons (Fsp3) is 0. The standard InChI is InChI=1S/C20H12.CH2O3/c1-5-13-6-2-11-17-18-12-4-8-14-7-3-10-16(20(14)18)15(9-1)19(13)17;2-1(3)4/h1-12H;(H2,2,3,4). The first kappa shape index (κ1) is 14.3. The van der Waals surface area contributed by atoms with Crippen molar-refractivity contribution in [3.63, 3.8) is 0 Å². The van der Waals surface area contributed by atoms with Crippen LogP contribution in [0.4, 0.5) is 4.79 Å². The second-order valence-corrected chi connectivity index (χ2v) is 5.70. The first-order valence-electron chi connectivity index (χ1n) is 7.63. The molecule has 0 radical (unpaired) electrons. The molecule has 0 atom stereocenters. The molecule has 0 spiro atoms. The predicted octanol–water partition coefficient (Wildman–Crippen LogP) is 5.96. The molecule has 5 aromatic carbocycles. The van der Waals surface area contributed by atoms with Gasteiger partial charge in [0.25, 0.3) is 0 Å². The van der Waals surface area contributed by atoms with Gasteiger partial charge in [-0.2, -0.15) is 0 Å². The third-order valence-corrected chi connectivity index (χ3v) is 4.39. The summed E-state index contributed by atoms with van der Waals surface area (Å²) in [5.74, 6) is 0. The molecule has 3 nitrogen and oxygen atoms in total. The minimum absolute atomic E-state index is 1.33. The van der Waals surface area contributed by atoms with E-state index < -0.39 is 6.16 Å². The van der Waals surface area contributed by atoms with Gasteiger partial charge in [-0.15, -0.1) is 0 Å². The highest BCUT2D eigenvalue weighted by Crippen LogP contribution is 2.39. The second-order valence-electron chi connectivity index (χ2n) is 5.70. The fourth-order valence-electron chi connectivity index (χ4n) is 3.58. The van der Waals surface area contributed by atoms with Crippen LogP contribution in [0.25, 0.3) is 43.1 Å². The lowest BCUT2D eigenvalue weighted by Crippen LogP contribution is -1.85. The summed E-state index contributed by atoms with van der Waals surface area (Å²) in [5.41, 5.74) is 0. The highest BCUT2D eigenvalue weighted by atomic mass is 16.6. The molecule has 0 aliphatic carbocycles. The summed E-state index contributed by atoms with van der Waals surface area (Å²) < 4.78 is 0. The van der Waals surface area contributed by atoms with Crippen LogP contribution < -0.4 is 0 Å². The molecule has 116 valence electrons. The molecule has 0 bridgehead atoms. The lowest BCUT2D eigenvalue weighted by atomic mass is 9.90. The van der Waals surface area contributed by atoms with E-state index in [0.717, 1.165) is 0 Å². The van der Waals surface area contributed by atoms with Crippen molar-refractivity contribution in [2.45, 2.75) is 0 Å². The van der Waals surface area contributed by atoms with Crippen LogP contribution in [0.3, 0.4) is 0 Å². The maximum Gasteiger partial charge on any atom is 0.503 e. The number of rotatable bonds is 0. The first-order valence-corrected chi connectivity index (χ1v) is 7.63. The largest absolute Gasteiger partial charge is 0.503 e. The van der Waals surface area contributed by atoms with E-state index in [0.29, 0.717) is 0 Å². The van der Waals surface area contributed by atoms with Crippen molar-refractivity contribution in [2.75, 3.05) is 0 Å². The maximum absolute atomic E-state index is 8.56. The predicted molar refractivity (Wildman–Crippen MR) is 98.3 cm³/mol. The van der Waals surface area contributed by atoms with E-state index in [9.17, 15) is 0 Å². The Hall–Kier alpha value is -3.33. The van der Waals surface area contributed by atoms with Crippen molar-refractivity contribution in [1.29, 1.82) is 0 Å². The van der Waals surface area contributed by atoms with Crippen LogP contribution in [0.2, 0.25) is 0 Å². The molecule has 0 aliphatic rings. The van der Waals surface area contributed by atoms with Crippen molar-refractivity contribution in [1.82, 2.24) is 0 Å². The van der Waals surface area contributed by atoms with Gasteiger partial charge < -0.3 is 10.2 Å². The van der Waals surface area contributed by atoms with Crippen LogP contribution in [-0.4, -0.2) is 16.4 Å². The Morgan fingerprint density at radius 1 is 0.542 bits per heavy atom. The molecule has 0 fully saturated rings. The van der Waals surface area contributed by atoms with Gasteiger partial charge in [-0.25, -0.2) is 4.79 Å². The van der Waals surface area contributed by atoms with Crippen LogP contribution in [0, 0.1) is 0 Å². The van der Waals surface area contributed by atoms with E-state index in [2.05, 4.69) is 72.8 Å². The van der Waals surface area contributed by atoms with Gasteiger partial charge >= 0.3 is 6.16 Å². The normalized spacial score (nSPS) is 11.0. The van der Waals surface area contributed by atoms with Crippen molar-refractivity contribution in [3.05, 3.63) is 72.8 Å². The Morgan fingerprint density at radius 2 is 0.792 bits per heavy atom. The summed E-state index contributed by atoms with van der Waals surface area (Å²) in [5, 5.41) is 24.8. The molecular formula is C21H14O3. The molecule has 24 heavy (non-hydrogen) atoms. The van der Waals surface area contributed by atoms with Gasteiger partial charge in [0.2, 0.25) is 0 Å². The number of carboxylic acid groups (broad SMARTS) is 2. The molecule has 5 aromatic rings. The summed E-state index contributed by atoms with van der Waals surface area (Å²) in [4.78, 5) is 8.56. The van der Waals surface area contributed by atoms with Gasteiger partial charge in [0.15, 0.2) is 0 Å². The van der Waals surface area contributed by atoms with E-state index >= 15 is 0 Å². The Kier molecular flexibility index (Phi) is 3.21. The zero-order valence-corrected chi connectivity index (χ0v) is 12.7. The Morgan fingerprint density at radius 3 is 1.04 bits per heavy atom. The quantitative estimate of drug-likeness (QED) is 0.274. The monoisotopic (exact) mass is 314 g/mol. The highest BCUT2D eigenvalue weighted by Gasteiger charge is 2.11. The van der Waals surface area contributed by atoms with Crippen molar-refractivity contribution in [3.8, 4) is 0 Å². The number of hydrogen-bond donors (Lipinski definition) is 2. The molecule has 0 heterocycles. The summed E-state index contributed by atoms with van der Waals surface area (Å²) in [7, 11) is 0. The molecule has 3 heteroatoms. The summed E-state index contributed by atoms with van der Waals surface area (Å²) in [6.45, 7) is 0. The molecule has 5 rings (SSSR count). The van der Waals surface area contributed by atoms with E-state index in [1.165, 1.54) is 43.1 Å². The van der Waals surface area contributed by atoms with Gasteiger partial charge in [0.05, 0.1) is 0 Å². The summed E-state index contributed by atoms with van der Waals surface area (Å²) >= 11 is 0. The van der Waals surface area contributed by atoms with Gasteiger partial charge in [0, 0.05) is 0 Å². The maximum atomic E-state index is 8.56. The molecule has 0 aliphatic heterocycles. The van der Waals surface area contributed by atoms with E-state index in [1.807, 2.05) is 0 Å². The van der Waals surface area contributed by atoms with Gasteiger partial charge in [-0.05, 0) is 43.1 Å². The SMILES string of the molecule is O=C(O)O.c1cc2cccc3c4cccc5cccc(c(c1)c23)c54. The highest BCUT2D eigenvalue weighted by molar-refractivity contribution is 6.32. The molecular weight excluding hydrogens is 300 g/mol.